The van der Waals surface area contributed by atoms with Crippen LogP contribution in [0, 0.1) is 6.92 Å². The number of carbonyl (C=O) groups is 1. The molecule has 1 aliphatic carbocycles. The third kappa shape index (κ3) is 3.65. The van der Waals surface area contributed by atoms with Crippen molar-refractivity contribution in [2.45, 2.75) is 31.7 Å². The predicted octanol–water partition coefficient (Wildman–Crippen LogP) is 5.11. The van der Waals surface area contributed by atoms with E-state index in [-0.39, 0.29) is 5.91 Å². The molecule has 0 saturated heterocycles. The molecule has 0 bridgehead atoms. The van der Waals surface area contributed by atoms with Gasteiger partial charge in [0.2, 0.25) is 0 Å². The average molecular weight is 450 g/mol. The van der Waals surface area contributed by atoms with Crippen LogP contribution in [0.4, 0.5) is 0 Å². The highest BCUT2D eigenvalue weighted by Crippen LogP contribution is 2.40. The summed E-state index contributed by atoms with van der Waals surface area (Å²) in [5, 5.41) is 8.63. The molecule has 1 unspecified atom stereocenters. The molecular formula is C27H23N5O2. The van der Waals surface area contributed by atoms with Crippen LogP contribution in [-0.4, -0.2) is 25.7 Å². The van der Waals surface area contributed by atoms with Crippen LogP contribution in [0.25, 0.3) is 16.9 Å². The molecule has 7 heteroatoms. The lowest BCUT2D eigenvalue weighted by Crippen LogP contribution is -2.29. The first-order valence-corrected chi connectivity index (χ1v) is 11.4. The van der Waals surface area contributed by atoms with Gasteiger partial charge in [0.25, 0.3) is 5.91 Å². The second kappa shape index (κ2) is 8.26. The Morgan fingerprint density at radius 2 is 1.91 bits per heavy atom. The Morgan fingerprint density at radius 1 is 1.09 bits per heavy atom. The zero-order chi connectivity index (χ0) is 23.1. The minimum absolute atomic E-state index is 0.191. The number of hydrogen-bond donors (Lipinski definition) is 1. The summed E-state index contributed by atoms with van der Waals surface area (Å²) in [6.45, 7) is 1.90. The molecule has 4 heterocycles. The van der Waals surface area contributed by atoms with Gasteiger partial charge < -0.3 is 9.73 Å². The topological polar surface area (TPSA) is 85.8 Å². The van der Waals surface area contributed by atoms with Crippen molar-refractivity contribution in [2.24, 2.45) is 0 Å². The van der Waals surface area contributed by atoms with E-state index in [0.29, 0.717) is 28.7 Å². The Balaban J connectivity index is 1.47. The molecule has 1 aliphatic rings. The summed E-state index contributed by atoms with van der Waals surface area (Å²) < 4.78 is 7.41. The lowest BCUT2D eigenvalue weighted by molar-refractivity contribution is 0.0940. The summed E-state index contributed by atoms with van der Waals surface area (Å²) in [6.07, 6.45) is 5.50. The Morgan fingerprint density at radius 3 is 2.62 bits per heavy atom. The van der Waals surface area contributed by atoms with E-state index < -0.39 is 6.04 Å². The van der Waals surface area contributed by atoms with Gasteiger partial charge in [0, 0.05) is 17.8 Å². The van der Waals surface area contributed by atoms with Crippen LogP contribution >= 0.6 is 0 Å². The van der Waals surface area contributed by atoms with Crippen molar-refractivity contribution < 1.29 is 9.21 Å². The van der Waals surface area contributed by atoms with E-state index in [1.165, 1.54) is 0 Å². The SMILES string of the molecule is Cc1nn(-c2ccccn2)c2nc(C3CC3)cc(C(=O)NC(c3ccccc3)c3ccco3)c12. The zero-order valence-electron chi connectivity index (χ0n) is 18.7. The molecule has 34 heavy (non-hydrogen) atoms. The first kappa shape index (κ1) is 20.4. The number of aromatic nitrogens is 4. The van der Waals surface area contributed by atoms with Crippen molar-refractivity contribution in [1.29, 1.82) is 0 Å². The number of pyridine rings is 2. The van der Waals surface area contributed by atoms with Gasteiger partial charge in [-0.25, -0.2) is 9.97 Å². The lowest BCUT2D eigenvalue weighted by atomic mass is 10.0. The molecule has 168 valence electrons. The van der Waals surface area contributed by atoms with Crippen molar-refractivity contribution in [3.63, 3.8) is 0 Å². The summed E-state index contributed by atoms with van der Waals surface area (Å²) in [4.78, 5) is 23.2. The third-order valence-corrected chi connectivity index (χ3v) is 6.18. The fourth-order valence-electron chi connectivity index (χ4n) is 4.34. The Labute approximate surface area is 196 Å². The number of aryl methyl sites for hydroxylation is 1. The third-order valence-electron chi connectivity index (χ3n) is 6.18. The molecule has 1 N–H and O–H groups in total. The van der Waals surface area contributed by atoms with Crippen LogP contribution in [0.5, 0.6) is 0 Å². The minimum Gasteiger partial charge on any atom is -0.467 e. The summed E-state index contributed by atoms with van der Waals surface area (Å²) >= 11 is 0. The normalized spacial score (nSPS) is 14.3. The maximum atomic E-state index is 13.8. The smallest absolute Gasteiger partial charge is 0.253 e. The highest BCUT2D eigenvalue weighted by molar-refractivity contribution is 6.07. The van der Waals surface area contributed by atoms with E-state index in [2.05, 4.69) is 10.3 Å². The maximum absolute atomic E-state index is 13.8. The van der Waals surface area contributed by atoms with Crippen molar-refractivity contribution >= 4 is 16.9 Å². The lowest BCUT2D eigenvalue weighted by Gasteiger charge is -2.18. The zero-order valence-corrected chi connectivity index (χ0v) is 18.7. The number of nitrogens with zero attached hydrogens (tertiary/aromatic N) is 4. The van der Waals surface area contributed by atoms with Gasteiger partial charge in [-0.1, -0.05) is 36.4 Å². The molecule has 4 aromatic heterocycles. The highest BCUT2D eigenvalue weighted by atomic mass is 16.3. The molecule has 1 saturated carbocycles. The summed E-state index contributed by atoms with van der Waals surface area (Å²) in [5.41, 5.74) is 3.82. The second-order valence-electron chi connectivity index (χ2n) is 8.59. The van der Waals surface area contributed by atoms with Crippen LogP contribution in [0.15, 0.2) is 83.6 Å². The van der Waals surface area contributed by atoms with Crippen LogP contribution in [0.3, 0.4) is 0 Å². The van der Waals surface area contributed by atoms with Crippen LogP contribution in [0.1, 0.15) is 57.9 Å². The second-order valence-corrected chi connectivity index (χ2v) is 8.59. The van der Waals surface area contributed by atoms with Gasteiger partial charge in [-0.3, -0.25) is 4.79 Å². The number of hydrogen-bond acceptors (Lipinski definition) is 5. The molecule has 1 atom stereocenters. The number of amides is 1. The van der Waals surface area contributed by atoms with Gasteiger partial charge in [0.1, 0.15) is 11.8 Å². The Bertz CT molecular complexity index is 1460. The number of nitrogens with one attached hydrogen (secondary N) is 1. The van der Waals surface area contributed by atoms with E-state index >= 15 is 0 Å². The fourth-order valence-corrected chi connectivity index (χ4v) is 4.34. The fraction of sp³-hybridized carbons (Fsp3) is 0.185. The maximum Gasteiger partial charge on any atom is 0.253 e. The van der Waals surface area contributed by atoms with Crippen molar-refractivity contribution in [2.75, 3.05) is 0 Å². The van der Waals surface area contributed by atoms with Gasteiger partial charge in [0.15, 0.2) is 11.5 Å². The molecule has 5 aromatic rings. The van der Waals surface area contributed by atoms with Gasteiger partial charge in [0.05, 0.1) is 22.9 Å². The molecule has 1 aromatic carbocycles. The van der Waals surface area contributed by atoms with E-state index in [0.717, 1.165) is 35.2 Å². The van der Waals surface area contributed by atoms with E-state index in [9.17, 15) is 4.79 Å². The van der Waals surface area contributed by atoms with E-state index in [1.807, 2.05) is 73.7 Å². The molecule has 7 nitrogen and oxygen atoms in total. The Hall–Kier alpha value is -4.26. The Kier molecular flexibility index (Phi) is 4.95. The summed E-state index contributed by atoms with van der Waals surface area (Å²) in [5.74, 6) is 1.53. The quantitative estimate of drug-likeness (QED) is 0.389. The number of benzene rings is 1. The molecule has 0 aliphatic heterocycles. The van der Waals surface area contributed by atoms with E-state index in [1.54, 1.807) is 17.1 Å². The molecule has 0 spiro atoms. The monoisotopic (exact) mass is 449 g/mol. The molecule has 1 amide bonds. The van der Waals surface area contributed by atoms with Crippen LogP contribution < -0.4 is 5.32 Å². The standard InChI is InChI=1S/C27H23N5O2/c1-17-24-20(27(33)30-25(22-10-7-15-34-22)19-8-3-2-4-9-19)16-21(18-12-13-18)29-26(24)32(31-17)23-11-5-6-14-28-23/h2-11,14-16,18,25H,12-13H2,1H3,(H,30,33). The van der Waals surface area contributed by atoms with Gasteiger partial charge >= 0.3 is 0 Å². The van der Waals surface area contributed by atoms with E-state index in [4.69, 9.17) is 14.5 Å². The minimum atomic E-state index is -0.414. The first-order valence-electron chi connectivity index (χ1n) is 11.4. The first-order chi connectivity index (χ1) is 16.7. The van der Waals surface area contributed by atoms with Gasteiger partial charge in [-0.05, 0) is 55.7 Å². The summed E-state index contributed by atoms with van der Waals surface area (Å²) in [6, 6.07) is 20.7. The molecule has 0 radical (unpaired) electrons. The number of furan rings is 1. The number of rotatable bonds is 6. The largest absolute Gasteiger partial charge is 0.467 e. The van der Waals surface area contributed by atoms with Gasteiger partial charge in [-0.15, -0.1) is 0 Å². The predicted molar refractivity (Wildman–Crippen MR) is 128 cm³/mol. The molecule has 6 rings (SSSR count). The average Bonchev–Trinajstić information content (AvgIpc) is 3.49. The van der Waals surface area contributed by atoms with Crippen LogP contribution in [-0.2, 0) is 0 Å². The van der Waals surface area contributed by atoms with Crippen molar-refractivity contribution in [1.82, 2.24) is 25.1 Å². The van der Waals surface area contributed by atoms with Crippen molar-refractivity contribution in [3.05, 3.63) is 107 Å². The van der Waals surface area contributed by atoms with Gasteiger partial charge in [-0.2, -0.15) is 9.78 Å². The number of fused-ring (bicyclic) bond motifs is 1. The van der Waals surface area contributed by atoms with Crippen LogP contribution in [0.2, 0.25) is 0 Å². The highest BCUT2D eigenvalue weighted by Gasteiger charge is 2.30. The molecule has 1 fully saturated rings. The van der Waals surface area contributed by atoms with Crippen molar-refractivity contribution in [3.8, 4) is 5.82 Å². The number of carbonyl (C=O) groups excluding carboxylic acids is 1. The summed E-state index contributed by atoms with van der Waals surface area (Å²) in [7, 11) is 0. The molecular weight excluding hydrogens is 426 g/mol.